The third kappa shape index (κ3) is 3.69. The predicted molar refractivity (Wildman–Crippen MR) is 90.5 cm³/mol. The average molecular weight is 373 g/mol. The number of nitro groups is 1. The van der Waals surface area contributed by atoms with Crippen molar-refractivity contribution in [2.24, 2.45) is 0 Å². The van der Waals surface area contributed by atoms with E-state index < -0.39 is 26.3 Å². The van der Waals surface area contributed by atoms with Gasteiger partial charge in [-0.3, -0.25) is 15.0 Å². The first kappa shape index (κ1) is 17.9. The Morgan fingerprint density at radius 3 is 2.48 bits per heavy atom. The smallest absolute Gasteiger partial charge is 0.328 e. The van der Waals surface area contributed by atoms with Gasteiger partial charge >= 0.3 is 5.69 Å². The number of nitro benzene ring substituents is 1. The van der Waals surface area contributed by atoms with Gasteiger partial charge in [0.25, 0.3) is 0 Å². The first-order valence-electron chi connectivity index (χ1n) is 8.02. The average Bonchev–Trinajstić information content (AvgIpc) is 2.93. The van der Waals surface area contributed by atoms with Crippen molar-refractivity contribution in [2.45, 2.75) is 12.5 Å². The number of ether oxygens (including phenoxy) is 1. The zero-order valence-electron chi connectivity index (χ0n) is 13.9. The summed E-state index contributed by atoms with van der Waals surface area (Å²) in [5, 5.41) is 11.3. The Balaban J connectivity index is 1.77. The van der Waals surface area contributed by atoms with Crippen LogP contribution in [-0.2, 0) is 9.84 Å². The van der Waals surface area contributed by atoms with Crippen molar-refractivity contribution >= 4 is 21.2 Å². The summed E-state index contributed by atoms with van der Waals surface area (Å²) in [6, 6.07) is 2.47. The molecule has 0 bridgehead atoms. The second-order valence-corrected chi connectivity index (χ2v) is 8.54. The summed E-state index contributed by atoms with van der Waals surface area (Å²) in [6.07, 6.45) is 0.621. The van der Waals surface area contributed by atoms with Crippen LogP contribution in [0.1, 0.15) is 6.42 Å². The molecule has 0 saturated carbocycles. The minimum absolute atomic E-state index is 0.00387. The Bertz CT molecular complexity index is 778. The SMILES string of the molecule is COc1cc(F)c([N+](=O)[O-])c(N2CCN(C3CCS(=O)(=O)C3)CC2)c1. The highest BCUT2D eigenvalue weighted by Crippen LogP contribution is 2.36. The minimum Gasteiger partial charge on any atom is -0.497 e. The lowest BCUT2D eigenvalue weighted by Crippen LogP contribution is -2.51. The second kappa shape index (κ2) is 6.75. The highest BCUT2D eigenvalue weighted by molar-refractivity contribution is 7.91. The maximum absolute atomic E-state index is 14.1. The number of rotatable bonds is 4. The summed E-state index contributed by atoms with van der Waals surface area (Å²) in [7, 11) is -1.58. The van der Waals surface area contributed by atoms with E-state index in [1.54, 1.807) is 4.90 Å². The van der Waals surface area contributed by atoms with E-state index in [4.69, 9.17) is 4.74 Å². The summed E-state index contributed by atoms with van der Waals surface area (Å²) >= 11 is 0. The fourth-order valence-corrected chi connectivity index (χ4v) is 5.25. The standard InChI is InChI=1S/C15H20FN3O5S/c1-24-12-8-13(16)15(19(20)21)14(9-12)18-5-3-17(4-6-18)11-2-7-25(22,23)10-11/h8-9,11H,2-7,10H2,1H3. The lowest BCUT2D eigenvalue weighted by molar-refractivity contribution is -0.386. The van der Waals surface area contributed by atoms with Crippen LogP contribution in [-0.4, -0.2) is 69.1 Å². The Kier molecular flexibility index (Phi) is 4.83. The van der Waals surface area contributed by atoms with Crippen LogP contribution in [0.4, 0.5) is 15.8 Å². The molecule has 2 aliphatic heterocycles. The number of sulfone groups is 1. The van der Waals surface area contributed by atoms with Crippen LogP contribution in [0.25, 0.3) is 0 Å². The molecule has 3 rings (SSSR count). The molecule has 2 heterocycles. The highest BCUT2D eigenvalue weighted by Gasteiger charge is 2.35. The molecule has 0 amide bonds. The van der Waals surface area contributed by atoms with Gasteiger partial charge in [0.05, 0.1) is 23.5 Å². The molecular weight excluding hydrogens is 353 g/mol. The van der Waals surface area contributed by atoms with Gasteiger partial charge in [0.1, 0.15) is 11.4 Å². The molecule has 10 heteroatoms. The van der Waals surface area contributed by atoms with Gasteiger partial charge in [-0.2, -0.15) is 4.39 Å². The van der Waals surface area contributed by atoms with Gasteiger partial charge in [0, 0.05) is 44.4 Å². The fourth-order valence-electron chi connectivity index (χ4n) is 3.49. The Morgan fingerprint density at radius 2 is 1.96 bits per heavy atom. The zero-order valence-corrected chi connectivity index (χ0v) is 14.7. The van der Waals surface area contributed by atoms with Crippen molar-refractivity contribution < 1.29 is 22.5 Å². The van der Waals surface area contributed by atoms with Crippen molar-refractivity contribution in [3.05, 3.63) is 28.1 Å². The van der Waals surface area contributed by atoms with Gasteiger partial charge in [-0.05, 0) is 6.42 Å². The number of nitrogens with zero attached hydrogens (tertiary/aromatic N) is 3. The normalized spacial score (nSPS) is 23.6. The van der Waals surface area contributed by atoms with E-state index in [0.717, 1.165) is 6.07 Å². The summed E-state index contributed by atoms with van der Waals surface area (Å²) < 4.78 is 42.4. The third-order valence-corrected chi connectivity index (χ3v) is 6.57. The molecule has 0 spiro atoms. The molecular formula is C15H20FN3O5S. The second-order valence-electron chi connectivity index (χ2n) is 6.31. The van der Waals surface area contributed by atoms with Crippen molar-refractivity contribution in [3.63, 3.8) is 0 Å². The van der Waals surface area contributed by atoms with Crippen LogP contribution in [0.15, 0.2) is 12.1 Å². The van der Waals surface area contributed by atoms with E-state index in [1.165, 1.54) is 13.2 Å². The molecule has 2 fully saturated rings. The largest absolute Gasteiger partial charge is 0.497 e. The Morgan fingerprint density at radius 1 is 1.28 bits per heavy atom. The maximum atomic E-state index is 14.1. The maximum Gasteiger partial charge on any atom is 0.328 e. The molecule has 25 heavy (non-hydrogen) atoms. The summed E-state index contributed by atoms with van der Waals surface area (Å²) in [5.74, 6) is -0.322. The number of halogens is 1. The minimum atomic E-state index is -2.95. The van der Waals surface area contributed by atoms with Gasteiger partial charge in [-0.25, -0.2) is 8.42 Å². The van der Waals surface area contributed by atoms with Crippen molar-refractivity contribution in [2.75, 3.05) is 49.7 Å². The molecule has 2 aliphatic rings. The molecule has 138 valence electrons. The predicted octanol–water partition coefficient (Wildman–Crippen LogP) is 1.05. The number of anilines is 1. The summed E-state index contributed by atoms with van der Waals surface area (Å²) in [5.41, 5.74) is -0.363. The topological polar surface area (TPSA) is 93.0 Å². The van der Waals surface area contributed by atoms with Gasteiger partial charge in [0.15, 0.2) is 9.84 Å². The molecule has 1 aromatic rings. The first-order valence-corrected chi connectivity index (χ1v) is 9.84. The summed E-state index contributed by atoms with van der Waals surface area (Å²) in [4.78, 5) is 14.4. The van der Waals surface area contributed by atoms with E-state index in [-0.39, 0.29) is 29.0 Å². The van der Waals surface area contributed by atoms with Gasteiger partial charge < -0.3 is 9.64 Å². The van der Waals surface area contributed by atoms with E-state index in [9.17, 15) is 22.9 Å². The number of benzene rings is 1. The Hall–Kier alpha value is -1.94. The molecule has 1 atom stereocenters. The van der Waals surface area contributed by atoms with Crippen LogP contribution >= 0.6 is 0 Å². The molecule has 0 N–H and O–H groups in total. The molecule has 8 nitrogen and oxygen atoms in total. The van der Waals surface area contributed by atoms with Crippen LogP contribution < -0.4 is 9.64 Å². The van der Waals surface area contributed by atoms with Crippen molar-refractivity contribution in [1.82, 2.24) is 4.90 Å². The molecule has 0 aliphatic carbocycles. The third-order valence-electron chi connectivity index (χ3n) is 4.81. The highest BCUT2D eigenvalue weighted by atomic mass is 32.2. The van der Waals surface area contributed by atoms with E-state index >= 15 is 0 Å². The van der Waals surface area contributed by atoms with Crippen LogP contribution in [0.2, 0.25) is 0 Å². The van der Waals surface area contributed by atoms with Crippen molar-refractivity contribution in [1.29, 1.82) is 0 Å². The van der Waals surface area contributed by atoms with Gasteiger partial charge in [-0.1, -0.05) is 0 Å². The number of methoxy groups -OCH3 is 1. The number of hydrogen-bond acceptors (Lipinski definition) is 7. The monoisotopic (exact) mass is 373 g/mol. The lowest BCUT2D eigenvalue weighted by Gasteiger charge is -2.38. The number of hydrogen-bond donors (Lipinski definition) is 0. The van der Waals surface area contributed by atoms with Crippen LogP contribution in [0.3, 0.4) is 0 Å². The Labute approximate surface area is 145 Å². The van der Waals surface area contributed by atoms with Gasteiger partial charge in [-0.15, -0.1) is 0 Å². The van der Waals surface area contributed by atoms with E-state index in [0.29, 0.717) is 32.6 Å². The van der Waals surface area contributed by atoms with E-state index in [2.05, 4.69) is 4.90 Å². The molecule has 1 aromatic carbocycles. The molecule has 1 unspecified atom stereocenters. The molecule has 2 saturated heterocycles. The lowest BCUT2D eigenvalue weighted by atomic mass is 10.1. The summed E-state index contributed by atoms with van der Waals surface area (Å²) in [6.45, 7) is 2.08. The van der Waals surface area contributed by atoms with Crippen molar-refractivity contribution in [3.8, 4) is 5.75 Å². The fraction of sp³-hybridized carbons (Fsp3) is 0.600. The van der Waals surface area contributed by atoms with Crippen LogP contribution in [0.5, 0.6) is 5.75 Å². The van der Waals surface area contributed by atoms with Crippen LogP contribution in [0, 0.1) is 15.9 Å². The number of piperazine rings is 1. The zero-order chi connectivity index (χ0) is 18.2. The quantitative estimate of drug-likeness (QED) is 0.575. The van der Waals surface area contributed by atoms with Gasteiger partial charge in [0.2, 0.25) is 5.82 Å². The van der Waals surface area contributed by atoms with E-state index in [1.807, 2.05) is 0 Å². The first-order chi connectivity index (χ1) is 11.8. The molecule has 0 aromatic heterocycles. The molecule has 0 radical (unpaired) electrons.